The Labute approximate surface area is 111 Å². The van der Waals surface area contributed by atoms with Crippen molar-refractivity contribution in [2.75, 3.05) is 39.3 Å². The molecule has 0 spiro atoms. The maximum Gasteiger partial charge on any atom is 0.350 e. The quantitative estimate of drug-likeness (QED) is 0.380. The summed E-state index contributed by atoms with van der Waals surface area (Å²) < 4.78 is 2.65. The largest absolute Gasteiger partial charge is 1.00 e. The van der Waals surface area contributed by atoms with Crippen LogP contribution in [0, 0.1) is 0 Å². The monoisotopic (exact) mass is 257 g/mol. The molecule has 0 amide bonds. The van der Waals surface area contributed by atoms with E-state index in [9.17, 15) is 0 Å². The second-order valence-electron chi connectivity index (χ2n) is 5.38. The fourth-order valence-corrected chi connectivity index (χ4v) is 3.35. The van der Waals surface area contributed by atoms with Gasteiger partial charge in [-0.15, -0.1) is 0 Å². The van der Waals surface area contributed by atoms with E-state index in [0.29, 0.717) is 0 Å². The predicted octanol–water partition coefficient (Wildman–Crippen LogP) is -1.66. The first-order valence-corrected chi connectivity index (χ1v) is 7.07. The van der Waals surface area contributed by atoms with Crippen molar-refractivity contribution in [3.05, 3.63) is 0 Å². The summed E-state index contributed by atoms with van der Waals surface area (Å²) in [6.07, 6.45) is 8.36. The Morgan fingerprint density at radius 2 is 1.06 bits per heavy atom. The van der Waals surface area contributed by atoms with Crippen LogP contribution in [0.1, 0.15) is 38.5 Å². The van der Waals surface area contributed by atoms with E-state index in [1.54, 1.807) is 5.96 Å². The van der Waals surface area contributed by atoms with Crippen LogP contribution >= 0.6 is 0 Å². The fraction of sp³-hybridized carbons (Fsp3) is 0.923. The molecular weight excluding hydrogens is 234 g/mol. The lowest BCUT2D eigenvalue weighted by molar-refractivity contribution is -0.516. The molecule has 0 unspecified atom stereocenters. The van der Waals surface area contributed by atoms with Gasteiger partial charge in [-0.1, -0.05) is 0 Å². The molecule has 0 aromatic rings. The van der Waals surface area contributed by atoms with E-state index < -0.39 is 0 Å². The Bertz CT molecular complexity index is 252. The molecule has 0 saturated carbocycles. The predicted molar refractivity (Wildman–Crippen MR) is 65.8 cm³/mol. The van der Waals surface area contributed by atoms with Gasteiger partial charge in [0, 0.05) is 0 Å². The summed E-state index contributed by atoms with van der Waals surface area (Å²) in [4.78, 5) is 5.30. The Balaban J connectivity index is 0.00000108. The van der Waals surface area contributed by atoms with Crippen LogP contribution in [-0.4, -0.2) is 59.6 Å². The van der Waals surface area contributed by atoms with Crippen LogP contribution in [0.2, 0.25) is 0 Å². The summed E-state index contributed by atoms with van der Waals surface area (Å²) in [5.74, 6) is 1.59. The van der Waals surface area contributed by atoms with Gasteiger partial charge in [0.15, 0.2) is 0 Å². The highest BCUT2D eigenvalue weighted by Gasteiger charge is 2.33. The number of guanidine groups is 1. The second-order valence-corrected chi connectivity index (χ2v) is 5.38. The third kappa shape index (κ3) is 2.70. The number of hydrogen-bond donors (Lipinski definition) is 0. The SMILES string of the molecule is C1CCN(C(N2CCCC2)=[N+]2CCCC2)C1.[Cl-]. The van der Waals surface area contributed by atoms with E-state index in [4.69, 9.17) is 0 Å². The Morgan fingerprint density at radius 3 is 1.47 bits per heavy atom. The van der Waals surface area contributed by atoms with Crippen molar-refractivity contribution in [2.45, 2.75) is 38.5 Å². The fourth-order valence-electron chi connectivity index (χ4n) is 3.35. The molecule has 0 aromatic heterocycles. The van der Waals surface area contributed by atoms with Gasteiger partial charge in [-0.25, -0.2) is 0 Å². The average molecular weight is 258 g/mol. The first-order chi connectivity index (χ1) is 7.95. The van der Waals surface area contributed by atoms with Crippen LogP contribution in [0.15, 0.2) is 0 Å². The van der Waals surface area contributed by atoms with Crippen LogP contribution in [0.5, 0.6) is 0 Å². The molecule has 3 nitrogen and oxygen atoms in total. The lowest BCUT2D eigenvalue weighted by atomic mass is 10.4. The van der Waals surface area contributed by atoms with Gasteiger partial charge in [-0.3, -0.25) is 14.4 Å². The standard InChI is InChI=1S/C13H24N3.ClH/c1-2-8-14(7-1)13(15-9-3-4-10-15)16-11-5-6-12-16;/h1-12H2;1H/q+1;/p-1. The van der Waals surface area contributed by atoms with Crippen LogP contribution in [0.25, 0.3) is 0 Å². The summed E-state index contributed by atoms with van der Waals surface area (Å²) >= 11 is 0. The molecule has 3 saturated heterocycles. The zero-order chi connectivity index (χ0) is 10.8. The van der Waals surface area contributed by atoms with Gasteiger partial charge < -0.3 is 12.4 Å². The van der Waals surface area contributed by atoms with Crippen molar-refractivity contribution in [3.63, 3.8) is 0 Å². The topological polar surface area (TPSA) is 9.49 Å². The van der Waals surface area contributed by atoms with E-state index in [-0.39, 0.29) is 12.4 Å². The van der Waals surface area contributed by atoms with Crippen molar-refractivity contribution in [1.82, 2.24) is 9.80 Å². The Morgan fingerprint density at radius 1 is 0.647 bits per heavy atom. The highest BCUT2D eigenvalue weighted by molar-refractivity contribution is 5.76. The molecule has 0 aliphatic carbocycles. The highest BCUT2D eigenvalue weighted by Crippen LogP contribution is 2.17. The van der Waals surface area contributed by atoms with Crippen molar-refractivity contribution >= 4 is 5.96 Å². The molecule has 3 fully saturated rings. The minimum atomic E-state index is 0. The Kier molecular flexibility index (Phi) is 4.55. The van der Waals surface area contributed by atoms with Crippen LogP contribution in [-0.2, 0) is 0 Å². The van der Waals surface area contributed by atoms with E-state index in [2.05, 4.69) is 14.4 Å². The minimum absolute atomic E-state index is 0. The molecule has 3 heterocycles. The van der Waals surface area contributed by atoms with Gasteiger partial charge in [0.05, 0.1) is 39.3 Å². The van der Waals surface area contributed by atoms with Gasteiger partial charge in [-0.2, -0.15) is 0 Å². The average Bonchev–Trinajstić information content (AvgIpc) is 3.02. The smallest absolute Gasteiger partial charge is 0.350 e. The number of rotatable bonds is 0. The third-order valence-corrected chi connectivity index (χ3v) is 4.17. The molecule has 0 N–H and O–H groups in total. The van der Waals surface area contributed by atoms with Crippen molar-refractivity contribution in [1.29, 1.82) is 0 Å². The van der Waals surface area contributed by atoms with Gasteiger partial charge in [0.2, 0.25) is 0 Å². The van der Waals surface area contributed by atoms with Gasteiger partial charge in [-0.05, 0) is 38.5 Å². The maximum absolute atomic E-state index is 2.65. The van der Waals surface area contributed by atoms with Crippen molar-refractivity contribution in [2.24, 2.45) is 0 Å². The lowest BCUT2D eigenvalue weighted by Crippen LogP contribution is -3.00. The van der Waals surface area contributed by atoms with Crippen LogP contribution < -0.4 is 12.4 Å². The summed E-state index contributed by atoms with van der Waals surface area (Å²) in [7, 11) is 0. The molecule has 0 radical (unpaired) electrons. The Hall–Kier alpha value is -0.440. The zero-order valence-electron chi connectivity index (χ0n) is 10.7. The lowest BCUT2D eigenvalue weighted by Gasteiger charge is -2.23. The molecule has 3 aliphatic rings. The van der Waals surface area contributed by atoms with Crippen LogP contribution in [0.3, 0.4) is 0 Å². The summed E-state index contributed by atoms with van der Waals surface area (Å²) in [5.41, 5.74) is 0. The number of hydrogen-bond acceptors (Lipinski definition) is 0. The summed E-state index contributed by atoms with van der Waals surface area (Å²) in [5, 5.41) is 0. The minimum Gasteiger partial charge on any atom is -1.00 e. The first-order valence-electron chi connectivity index (χ1n) is 7.07. The molecule has 3 rings (SSSR count). The number of likely N-dealkylation sites (tertiary alicyclic amines) is 2. The molecule has 0 atom stereocenters. The van der Waals surface area contributed by atoms with E-state index in [1.165, 1.54) is 77.8 Å². The third-order valence-electron chi connectivity index (χ3n) is 4.17. The van der Waals surface area contributed by atoms with E-state index in [1.807, 2.05) is 0 Å². The first kappa shape index (κ1) is 13.0. The normalized spacial score (nSPS) is 24.4. The number of halogens is 1. The molecule has 4 heteroatoms. The van der Waals surface area contributed by atoms with Gasteiger partial charge in [0.25, 0.3) is 0 Å². The van der Waals surface area contributed by atoms with Crippen LogP contribution in [0.4, 0.5) is 0 Å². The van der Waals surface area contributed by atoms with Gasteiger partial charge >= 0.3 is 5.96 Å². The van der Waals surface area contributed by atoms with Gasteiger partial charge in [0.1, 0.15) is 0 Å². The summed E-state index contributed by atoms with van der Waals surface area (Å²) in [6.45, 7) is 7.76. The molecule has 0 aromatic carbocycles. The van der Waals surface area contributed by atoms with E-state index >= 15 is 0 Å². The van der Waals surface area contributed by atoms with Crippen molar-refractivity contribution < 1.29 is 17.0 Å². The molecule has 17 heavy (non-hydrogen) atoms. The highest BCUT2D eigenvalue weighted by atomic mass is 35.5. The zero-order valence-corrected chi connectivity index (χ0v) is 11.5. The summed E-state index contributed by atoms with van der Waals surface area (Å²) in [6, 6.07) is 0. The second kappa shape index (κ2) is 5.94. The van der Waals surface area contributed by atoms with E-state index in [0.717, 1.165) is 0 Å². The van der Waals surface area contributed by atoms with Crippen molar-refractivity contribution in [3.8, 4) is 0 Å². The molecule has 3 aliphatic heterocycles. The molecule has 98 valence electrons. The molecular formula is C13H24ClN3. The maximum atomic E-state index is 2.65. The number of nitrogens with zero attached hydrogens (tertiary/aromatic N) is 3. The molecule has 0 bridgehead atoms.